The SMILES string of the molecule is FC(CCC(F)(F)F)C(F)(F)C(F)(F)C(F)(F)C(F)(F)C(F)(F)C(F)(F)OC(F)(F)C(F)(F)C(F)(F)C(F)(F)C(F)(F)C(F)(F)C(F)CCC(F)(F)F. The maximum absolute atomic E-state index is 13.8. The van der Waals surface area contributed by atoms with Crippen molar-refractivity contribution in [2.75, 3.05) is 0 Å². The van der Waals surface area contributed by atoms with Crippen LogP contribution >= 0.6 is 0 Å². The number of hydrogen-bond acceptors (Lipinski definition) is 1. The van der Waals surface area contributed by atoms with Gasteiger partial charge in [-0.1, -0.05) is 0 Å². The lowest BCUT2D eigenvalue weighted by atomic mass is 9.90. The van der Waals surface area contributed by atoms with Crippen LogP contribution in [0.5, 0.6) is 0 Å². The molecule has 0 radical (unpaired) electrons. The summed E-state index contributed by atoms with van der Waals surface area (Å²) in [6, 6.07) is 0. The molecule has 0 aliphatic carbocycles. The predicted octanol–water partition coefficient (Wildman–Crippen LogP) is 11.9. The van der Waals surface area contributed by atoms with E-state index in [4.69, 9.17) is 0 Å². The molecule has 2 unspecified atom stereocenters. The fourth-order valence-corrected chi connectivity index (χ4v) is 3.20. The van der Waals surface area contributed by atoms with E-state index in [1.54, 1.807) is 0 Å². The van der Waals surface area contributed by atoms with Gasteiger partial charge in [-0.25, -0.2) is 13.5 Å². The van der Waals surface area contributed by atoms with Gasteiger partial charge in [0.1, 0.15) is 0 Å². The summed E-state index contributed by atoms with van der Waals surface area (Å²) in [5.74, 6) is -88.9. The molecule has 33 heteroatoms. The Morgan fingerprint density at radius 1 is 0.283 bits per heavy atom. The number of ether oxygens (including phenoxy) is 1. The van der Waals surface area contributed by atoms with Crippen LogP contribution in [0.15, 0.2) is 0 Å². The van der Waals surface area contributed by atoms with Gasteiger partial charge in [0.15, 0.2) is 12.3 Å². The first-order chi connectivity index (χ1) is 22.5. The molecule has 0 saturated carbocycles. The number of rotatable bonds is 18. The molecule has 0 aromatic carbocycles. The maximum atomic E-state index is 13.8. The van der Waals surface area contributed by atoms with Crippen molar-refractivity contribution in [2.24, 2.45) is 0 Å². The second kappa shape index (κ2) is 13.7. The third kappa shape index (κ3) is 8.17. The molecule has 1 nitrogen and oxygen atoms in total. The molecule has 0 aromatic rings. The molecule has 0 bridgehead atoms. The van der Waals surface area contributed by atoms with Gasteiger partial charge < -0.3 is 0 Å². The number of halogens is 32. The van der Waals surface area contributed by atoms with Gasteiger partial charge in [0.25, 0.3) is 0 Å². The molecule has 0 aromatic heterocycles. The van der Waals surface area contributed by atoms with Gasteiger partial charge in [-0.15, -0.1) is 0 Å². The van der Waals surface area contributed by atoms with Crippen molar-refractivity contribution in [3.8, 4) is 0 Å². The topological polar surface area (TPSA) is 9.23 Å². The zero-order valence-electron chi connectivity index (χ0n) is 23.5. The van der Waals surface area contributed by atoms with Crippen molar-refractivity contribution in [3.63, 3.8) is 0 Å². The minimum atomic E-state index is -9.36. The van der Waals surface area contributed by atoms with Crippen molar-refractivity contribution < 1.29 is 145 Å². The Morgan fingerprint density at radius 2 is 0.472 bits per heavy atom. The molecule has 0 rings (SSSR count). The van der Waals surface area contributed by atoms with Crippen LogP contribution in [0.1, 0.15) is 25.7 Å². The van der Waals surface area contributed by atoms with Gasteiger partial charge in [-0.05, 0) is 12.8 Å². The van der Waals surface area contributed by atoms with Crippen LogP contribution in [0, 0.1) is 0 Å². The second-order valence-corrected chi connectivity index (χ2v) is 10.2. The van der Waals surface area contributed by atoms with E-state index in [1.807, 2.05) is 0 Å². The summed E-state index contributed by atoms with van der Waals surface area (Å²) < 4.78 is 428. The summed E-state index contributed by atoms with van der Waals surface area (Å²) in [7, 11) is 0. The standard InChI is InChI=1S/C20H10F32O/c21-5(1-3-7(23,24)25)9(29,30)11(33,34)13(37,38)15(41,42)17(45,46)19(49,50)53-20(51,52)18(47,48)16(43,44)14(39,40)12(35,36)10(31,32)6(22)2-4-8(26,27)28/h5-6H,1-4H2. The molecule has 0 aliphatic heterocycles. The van der Waals surface area contributed by atoms with Gasteiger partial charge in [0.05, 0.1) is 0 Å². The molecule has 0 heterocycles. The Bertz CT molecular complexity index is 1140. The maximum Gasteiger partial charge on any atom is 0.430 e. The first kappa shape index (κ1) is 50.7. The van der Waals surface area contributed by atoms with Gasteiger partial charge in [0.2, 0.25) is 0 Å². The van der Waals surface area contributed by atoms with Crippen molar-refractivity contribution in [1.82, 2.24) is 0 Å². The lowest BCUT2D eigenvalue weighted by Gasteiger charge is -2.43. The lowest BCUT2D eigenvalue weighted by molar-refractivity contribution is -0.526. The molecular formula is C20H10F32O. The van der Waals surface area contributed by atoms with Crippen LogP contribution in [-0.4, -0.2) is 96.1 Å². The Kier molecular flexibility index (Phi) is 13.1. The normalized spacial score (nSPS) is 17.7. The summed E-state index contributed by atoms with van der Waals surface area (Å²) in [5, 5.41) is 0. The van der Waals surface area contributed by atoms with E-state index in [2.05, 4.69) is 0 Å². The molecule has 0 N–H and O–H groups in total. The molecule has 0 fully saturated rings. The van der Waals surface area contributed by atoms with Crippen molar-refractivity contribution in [3.05, 3.63) is 0 Å². The molecule has 2 atom stereocenters. The highest BCUT2D eigenvalue weighted by Crippen LogP contribution is 2.65. The number of alkyl halides is 32. The van der Waals surface area contributed by atoms with E-state index in [1.165, 1.54) is 0 Å². The van der Waals surface area contributed by atoms with E-state index in [0.717, 1.165) is 0 Å². The molecule has 0 spiro atoms. The molecule has 53 heavy (non-hydrogen) atoms. The minimum absolute atomic E-state index is 0.705. The monoisotopic (exact) mass is 874 g/mol. The van der Waals surface area contributed by atoms with E-state index in [-0.39, 0.29) is 0 Å². The number of hydrogen-bond donors (Lipinski definition) is 0. The fraction of sp³-hybridized carbons (Fsp3) is 1.00. The van der Waals surface area contributed by atoms with Gasteiger partial charge in [-0.3, -0.25) is 0 Å². The summed E-state index contributed by atoms with van der Waals surface area (Å²) in [6.45, 7) is 0. The first-order valence-electron chi connectivity index (χ1n) is 12.1. The molecule has 320 valence electrons. The molecule has 0 aliphatic rings. The van der Waals surface area contributed by atoms with Gasteiger partial charge in [0, 0.05) is 12.8 Å². The van der Waals surface area contributed by atoms with E-state index < -0.39 is 122 Å². The van der Waals surface area contributed by atoms with Crippen LogP contribution < -0.4 is 0 Å². The fourth-order valence-electron chi connectivity index (χ4n) is 3.20. The zero-order valence-corrected chi connectivity index (χ0v) is 23.5. The first-order valence-corrected chi connectivity index (χ1v) is 12.1. The Balaban J connectivity index is 7.01. The zero-order chi connectivity index (χ0) is 43.7. The van der Waals surface area contributed by atoms with Crippen molar-refractivity contribution in [1.29, 1.82) is 0 Å². The lowest BCUT2D eigenvalue weighted by Crippen LogP contribution is -2.74. The Hall–Kier alpha value is -2.28. The van der Waals surface area contributed by atoms with Crippen molar-refractivity contribution in [2.45, 2.75) is 122 Å². The van der Waals surface area contributed by atoms with E-state index in [9.17, 15) is 140 Å². The average Bonchev–Trinajstić information content (AvgIpc) is 2.91. The smallest absolute Gasteiger partial charge is 0.245 e. The van der Waals surface area contributed by atoms with Gasteiger partial charge >= 0.3 is 83.8 Å². The Labute approximate surface area is 268 Å². The van der Waals surface area contributed by atoms with Crippen LogP contribution in [0.4, 0.5) is 140 Å². The minimum Gasteiger partial charge on any atom is -0.245 e. The predicted molar refractivity (Wildman–Crippen MR) is 101 cm³/mol. The van der Waals surface area contributed by atoms with Crippen LogP contribution in [0.2, 0.25) is 0 Å². The van der Waals surface area contributed by atoms with Gasteiger partial charge in [-0.2, -0.15) is 132 Å². The summed E-state index contributed by atoms with van der Waals surface area (Å²) in [5.41, 5.74) is 0. The second-order valence-electron chi connectivity index (χ2n) is 10.2. The summed E-state index contributed by atoms with van der Waals surface area (Å²) in [4.78, 5) is 0. The largest absolute Gasteiger partial charge is 0.430 e. The third-order valence-electron chi connectivity index (χ3n) is 6.34. The summed E-state index contributed by atoms with van der Waals surface area (Å²) in [6.07, 6.45) is -53.4. The summed E-state index contributed by atoms with van der Waals surface area (Å²) >= 11 is 0. The highest BCUT2D eigenvalue weighted by Gasteiger charge is 2.95. The quantitative estimate of drug-likeness (QED) is 0.125. The molecule has 0 saturated heterocycles. The third-order valence-corrected chi connectivity index (χ3v) is 6.34. The van der Waals surface area contributed by atoms with Crippen LogP contribution in [-0.2, 0) is 4.74 Å². The average molecular weight is 874 g/mol. The van der Waals surface area contributed by atoms with Crippen LogP contribution in [0.25, 0.3) is 0 Å². The van der Waals surface area contributed by atoms with Crippen LogP contribution in [0.3, 0.4) is 0 Å². The highest BCUT2D eigenvalue weighted by atomic mass is 19.4. The molecule has 0 amide bonds. The van der Waals surface area contributed by atoms with E-state index >= 15 is 0 Å². The highest BCUT2D eigenvalue weighted by molar-refractivity contribution is 5.14. The van der Waals surface area contributed by atoms with E-state index in [0.29, 0.717) is 4.74 Å². The van der Waals surface area contributed by atoms with Crippen molar-refractivity contribution >= 4 is 0 Å². The molecular weight excluding hydrogens is 864 g/mol. The Morgan fingerprint density at radius 3 is 0.660 bits per heavy atom.